The van der Waals surface area contributed by atoms with E-state index in [1.807, 2.05) is 48.5 Å². The van der Waals surface area contributed by atoms with Crippen LogP contribution in [0.1, 0.15) is 17.2 Å². The molecule has 0 saturated heterocycles. The monoisotopic (exact) mass is 298 g/mol. The van der Waals surface area contributed by atoms with Crippen molar-refractivity contribution in [3.05, 3.63) is 70.8 Å². The third-order valence-corrected chi connectivity index (χ3v) is 3.64. The average Bonchev–Trinajstić information content (AvgIpc) is 2.56. The van der Waals surface area contributed by atoms with Crippen molar-refractivity contribution in [2.75, 3.05) is 7.11 Å². The lowest BCUT2D eigenvalue weighted by Gasteiger charge is -2.18. The minimum Gasteiger partial charge on any atom is -0.497 e. The first-order valence-electron chi connectivity index (χ1n) is 6.66. The number of hydrogen-bond donors (Lipinski definition) is 1. The maximum absolute atomic E-state index is 5.93. The van der Waals surface area contributed by atoms with E-state index in [0.717, 1.165) is 27.6 Å². The first kappa shape index (κ1) is 13.7. The highest BCUT2D eigenvalue weighted by molar-refractivity contribution is 6.30. The van der Waals surface area contributed by atoms with Crippen molar-refractivity contribution in [3.8, 4) is 5.75 Å². The van der Waals surface area contributed by atoms with E-state index in [1.54, 1.807) is 13.4 Å². The molecule has 1 aliphatic heterocycles. The number of methoxy groups -OCH3 is 1. The Morgan fingerprint density at radius 2 is 1.76 bits per heavy atom. The fourth-order valence-electron chi connectivity index (χ4n) is 2.23. The molecule has 0 saturated carbocycles. The molecule has 0 aliphatic carbocycles. The number of halogens is 1. The number of hydrogen-bond acceptors (Lipinski definition) is 3. The molecule has 21 heavy (non-hydrogen) atoms. The first-order valence-corrected chi connectivity index (χ1v) is 7.04. The Kier molecular flexibility index (Phi) is 3.93. The summed E-state index contributed by atoms with van der Waals surface area (Å²) in [5.74, 6) is 0.846. The van der Waals surface area contributed by atoms with E-state index in [1.165, 1.54) is 0 Å². The molecule has 4 heteroatoms. The molecule has 3 rings (SSSR count). The molecule has 106 valence electrons. The lowest BCUT2D eigenvalue weighted by molar-refractivity contribution is 0.414. The van der Waals surface area contributed by atoms with Gasteiger partial charge in [-0.2, -0.15) is 0 Å². The van der Waals surface area contributed by atoms with Crippen LogP contribution in [0.4, 0.5) is 0 Å². The average molecular weight is 299 g/mol. The van der Waals surface area contributed by atoms with E-state index in [9.17, 15) is 0 Å². The zero-order chi connectivity index (χ0) is 14.7. The Morgan fingerprint density at radius 1 is 1.05 bits per heavy atom. The summed E-state index contributed by atoms with van der Waals surface area (Å²) in [5, 5.41) is 3.91. The number of ether oxygens (including phenoxy) is 1. The molecule has 0 aromatic heterocycles. The summed E-state index contributed by atoms with van der Waals surface area (Å²) in [6.07, 6.45) is 3.84. The SMILES string of the molecule is COc1ccc(C2C=C(c3ccc(Cl)cc3)NC=N2)cc1. The van der Waals surface area contributed by atoms with E-state index in [-0.39, 0.29) is 6.04 Å². The van der Waals surface area contributed by atoms with Crippen LogP contribution in [0, 0.1) is 0 Å². The van der Waals surface area contributed by atoms with Gasteiger partial charge in [0.15, 0.2) is 0 Å². The highest BCUT2D eigenvalue weighted by Gasteiger charge is 2.13. The Bertz CT molecular complexity index is 675. The topological polar surface area (TPSA) is 33.6 Å². The number of nitrogens with zero attached hydrogens (tertiary/aromatic N) is 1. The van der Waals surface area contributed by atoms with Crippen molar-refractivity contribution in [2.24, 2.45) is 4.99 Å². The molecule has 1 unspecified atom stereocenters. The lowest BCUT2D eigenvalue weighted by Crippen LogP contribution is -2.15. The molecular formula is C17H15ClN2O. The van der Waals surface area contributed by atoms with Crippen molar-refractivity contribution in [2.45, 2.75) is 6.04 Å². The molecule has 0 fully saturated rings. The summed E-state index contributed by atoms with van der Waals surface area (Å²) in [4.78, 5) is 4.47. The molecule has 1 atom stereocenters. The molecule has 0 radical (unpaired) electrons. The van der Waals surface area contributed by atoms with Crippen molar-refractivity contribution < 1.29 is 4.74 Å². The smallest absolute Gasteiger partial charge is 0.118 e. The highest BCUT2D eigenvalue weighted by Crippen LogP contribution is 2.27. The van der Waals surface area contributed by atoms with E-state index in [2.05, 4.69) is 16.4 Å². The Hall–Kier alpha value is -2.26. The summed E-state index contributed by atoms with van der Waals surface area (Å²) in [5.41, 5.74) is 3.24. The van der Waals surface area contributed by atoms with Crippen LogP contribution in [-0.4, -0.2) is 13.4 Å². The van der Waals surface area contributed by atoms with Crippen LogP contribution in [0.3, 0.4) is 0 Å². The number of nitrogens with one attached hydrogen (secondary N) is 1. The van der Waals surface area contributed by atoms with Crippen LogP contribution in [0.2, 0.25) is 5.02 Å². The van der Waals surface area contributed by atoms with Gasteiger partial charge in [-0.25, -0.2) is 0 Å². The number of rotatable bonds is 3. The largest absolute Gasteiger partial charge is 0.497 e. The first-order chi connectivity index (χ1) is 10.3. The standard InChI is InChI=1S/C17H15ClN2O/c1-21-15-8-4-13(5-9-15)17-10-16(19-11-20-17)12-2-6-14(18)7-3-12/h2-11,17H,1H3,(H,19,20). The van der Waals surface area contributed by atoms with Gasteiger partial charge in [-0.05, 0) is 41.5 Å². The van der Waals surface area contributed by atoms with Crippen LogP contribution >= 0.6 is 11.6 Å². The predicted octanol–water partition coefficient (Wildman–Crippen LogP) is 4.06. The van der Waals surface area contributed by atoms with E-state index < -0.39 is 0 Å². The van der Waals surface area contributed by atoms with Gasteiger partial charge in [-0.1, -0.05) is 35.9 Å². The molecule has 0 spiro atoms. The molecular weight excluding hydrogens is 284 g/mol. The van der Waals surface area contributed by atoms with Crippen molar-refractivity contribution >= 4 is 23.6 Å². The molecule has 1 N–H and O–H groups in total. The maximum atomic E-state index is 5.93. The highest BCUT2D eigenvalue weighted by atomic mass is 35.5. The van der Waals surface area contributed by atoms with Gasteiger partial charge in [0.1, 0.15) is 5.75 Å². The van der Waals surface area contributed by atoms with Gasteiger partial charge in [-0.3, -0.25) is 4.99 Å². The zero-order valence-electron chi connectivity index (χ0n) is 11.6. The van der Waals surface area contributed by atoms with Gasteiger partial charge in [0, 0.05) is 10.7 Å². The van der Waals surface area contributed by atoms with Crippen molar-refractivity contribution in [1.29, 1.82) is 0 Å². The van der Waals surface area contributed by atoms with Crippen LogP contribution in [-0.2, 0) is 0 Å². The molecule has 0 bridgehead atoms. The minimum atomic E-state index is 0.00262. The second-order valence-corrected chi connectivity index (χ2v) is 5.16. The minimum absolute atomic E-state index is 0.00262. The molecule has 1 aliphatic rings. The fraction of sp³-hybridized carbons (Fsp3) is 0.118. The Labute approximate surface area is 128 Å². The lowest BCUT2D eigenvalue weighted by atomic mass is 10.0. The van der Waals surface area contributed by atoms with Gasteiger partial charge in [-0.15, -0.1) is 0 Å². The summed E-state index contributed by atoms with van der Waals surface area (Å²) < 4.78 is 5.18. The van der Waals surface area contributed by atoms with E-state index in [4.69, 9.17) is 16.3 Å². The summed E-state index contributed by atoms with van der Waals surface area (Å²) in [6, 6.07) is 15.7. The van der Waals surface area contributed by atoms with Crippen LogP contribution in [0.15, 0.2) is 59.6 Å². The zero-order valence-corrected chi connectivity index (χ0v) is 12.3. The summed E-state index contributed by atoms with van der Waals surface area (Å²) >= 11 is 5.93. The van der Waals surface area contributed by atoms with E-state index >= 15 is 0 Å². The normalized spacial score (nSPS) is 17.0. The van der Waals surface area contributed by atoms with Gasteiger partial charge < -0.3 is 10.1 Å². The predicted molar refractivity (Wildman–Crippen MR) is 86.8 cm³/mol. The van der Waals surface area contributed by atoms with Crippen LogP contribution in [0.25, 0.3) is 5.70 Å². The third kappa shape index (κ3) is 3.09. The van der Waals surface area contributed by atoms with Crippen LogP contribution in [0.5, 0.6) is 5.75 Å². The van der Waals surface area contributed by atoms with Gasteiger partial charge in [0.2, 0.25) is 0 Å². The molecule has 2 aromatic rings. The summed E-state index contributed by atoms with van der Waals surface area (Å²) in [7, 11) is 1.66. The summed E-state index contributed by atoms with van der Waals surface area (Å²) in [6.45, 7) is 0. The third-order valence-electron chi connectivity index (χ3n) is 3.39. The fourth-order valence-corrected chi connectivity index (χ4v) is 2.35. The maximum Gasteiger partial charge on any atom is 0.118 e. The number of benzene rings is 2. The van der Waals surface area contributed by atoms with Gasteiger partial charge in [0.25, 0.3) is 0 Å². The Morgan fingerprint density at radius 3 is 2.43 bits per heavy atom. The van der Waals surface area contributed by atoms with Crippen LogP contribution < -0.4 is 10.1 Å². The quantitative estimate of drug-likeness (QED) is 0.927. The molecule has 0 amide bonds. The molecule has 1 heterocycles. The second-order valence-electron chi connectivity index (χ2n) is 4.73. The van der Waals surface area contributed by atoms with Crippen molar-refractivity contribution in [1.82, 2.24) is 5.32 Å². The van der Waals surface area contributed by atoms with Crippen molar-refractivity contribution in [3.63, 3.8) is 0 Å². The number of aliphatic imine (C=N–C) groups is 1. The van der Waals surface area contributed by atoms with Gasteiger partial charge >= 0.3 is 0 Å². The second kappa shape index (κ2) is 6.02. The Balaban J connectivity index is 1.87. The van der Waals surface area contributed by atoms with Gasteiger partial charge in [0.05, 0.1) is 19.5 Å². The molecule has 3 nitrogen and oxygen atoms in total. The van der Waals surface area contributed by atoms with E-state index in [0.29, 0.717) is 0 Å². The molecule has 2 aromatic carbocycles.